The zero-order chi connectivity index (χ0) is 18.5. The molecule has 1 saturated heterocycles. The topological polar surface area (TPSA) is 67.8 Å². The molecule has 2 heterocycles. The van der Waals surface area contributed by atoms with Gasteiger partial charge < -0.3 is 19.9 Å². The third kappa shape index (κ3) is 2.57. The number of hydrogen-bond donors (Lipinski definition) is 2. The summed E-state index contributed by atoms with van der Waals surface area (Å²) in [6, 6.07) is 4.18. The van der Waals surface area contributed by atoms with Gasteiger partial charge in [0.25, 0.3) is 5.91 Å². The number of benzene rings is 1. The van der Waals surface area contributed by atoms with E-state index in [9.17, 15) is 9.90 Å². The number of nitrogens with one attached hydrogen (secondary N) is 1. The molecule has 140 valence electrons. The minimum Gasteiger partial charge on any atom is -0.509 e. The highest BCUT2D eigenvalue weighted by molar-refractivity contribution is 6.24. The predicted octanol–water partition coefficient (Wildman–Crippen LogP) is 3.32. The van der Waals surface area contributed by atoms with E-state index in [1.807, 2.05) is 6.92 Å². The minimum atomic E-state index is -0.685. The molecule has 0 unspecified atom stereocenters. The Hall–Kier alpha value is -1.85. The Morgan fingerprint density at radius 1 is 1.12 bits per heavy atom. The van der Waals surface area contributed by atoms with Crippen molar-refractivity contribution >= 4 is 11.5 Å². The lowest BCUT2D eigenvalue weighted by Gasteiger charge is -2.41. The Morgan fingerprint density at radius 2 is 1.77 bits per heavy atom. The molecule has 1 saturated carbocycles. The number of ether oxygens (including phenoxy) is 2. The van der Waals surface area contributed by atoms with Crippen molar-refractivity contribution < 1.29 is 19.4 Å². The Kier molecular flexibility index (Phi) is 4.12. The first-order valence-corrected chi connectivity index (χ1v) is 9.54. The molecule has 4 rings (SSSR count). The smallest absolute Gasteiger partial charge is 0.256 e. The monoisotopic (exact) mass is 357 g/mol. The van der Waals surface area contributed by atoms with Crippen LogP contribution in [0.1, 0.15) is 54.9 Å². The number of carbonyl (C=O) groups excluding carboxylic acids is 1. The van der Waals surface area contributed by atoms with Gasteiger partial charge in [0.05, 0.1) is 24.3 Å². The molecule has 1 amide bonds. The van der Waals surface area contributed by atoms with Crippen LogP contribution in [-0.4, -0.2) is 35.6 Å². The van der Waals surface area contributed by atoms with Gasteiger partial charge in [0.1, 0.15) is 5.76 Å². The minimum absolute atomic E-state index is 0.173. The van der Waals surface area contributed by atoms with Crippen LogP contribution in [0.15, 0.2) is 17.9 Å². The van der Waals surface area contributed by atoms with E-state index in [0.29, 0.717) is 44.5 Å². The van der Waals surface area contributed by atoms with Gasteiger partial charge in [-0.3, -0.25) is 4.79 Å². The van der Waals surface area contributed by atoms with Gasteiger partial charge in [-0.2, -0.15) is 0 Å². The second-order valence-corrected chi connectivity index (χ2v) is 7.84. The van der Waals surface area contributed by atoms with Crippen LogP contribution in [0.4, 0.5) is 0 Å². The maximum Gasteiger partial charge on any atom is 0.256 e. The fourth-order valence-corrected chi connectivity index (χ4v) is 4.82. The third-order valence-electron chi connectivity index (χ3n) is 6.14. The van der Waals surface area contributed by atoms with Crippen LogP contribution in [0.2, 0.25) is 0 Å². The first-order chi connectivity index (χ1) is 12.4. The van der Waals surface area contributed by atoms with Crippen molar-refractivity contribution in [2.24, 2.45) is 0 Å². The van der Waals surface area contributed by atoms with Gasteiger partial charge in [-0.05, 0) is 49.8 Å². The quantitative estimate of drug-likeness (QED) is 0.852. The fourth-order valence-electron chi connectivity index (χ4n) is 4.82. The lowest BCUT2D eigenvalue weighted by molar-refractivity contribution is -0.185. The van der Waals surface area contributed by atoms with E-state index < -0.39 is 11.3 Å². The van der Waals surface area contributed by atoms with E-state index in [1.165, 1.54) is 5.56 Å². The van der Waals surface area contributed by atoms with Crippen molar-refractivity contribution in [3.05, 3.63) is 40.1 Å². The predicted molar refractivity (Wildman–Crippen MR) is 98.8 cm³/mol. The zero-order valence-electron chi connectivity index (χ0n) is 15.8. The summed E-state index contributed by atoms with van der Waals surface area (Å²) in [4.78, 5) is 12.9. The molecule has 2 spiro atoms. The number of carbonyl (C=O) groups is 1. The normalized spacial score (nSPS) is 23.9. The first kappa shape index (κ1) is 17.6. The maximum absolute atomic E-state index is 12.9. The molecule has 5 heteroatoms. The third-order valence-corrected chi connectivity index (χ3v) is 6.14. The van der Waals surface area contributed by atoms with Crippen LogP contribution >= 0.6 is 0 Å². The van der Waals surface area contributed by atoms with Crippen LogP contribution in [0.25, 0.3) is 5.57 Å². The van der Waals surface area contributed by atoms with Crippen molar-refractivity contribution in [2.75, 3.05) is 13.2 Å². The lowest BCUT2D eigenvalue weighted by Crippen LogP contribution is -2.51. The molecule has 26 heavy (non-hydrogen) atoms. The van der Waals surface area contributed by atoms with E-state index in [4.69, 9.17) is 9.47 Å². The molecule has 1 aliphatic carbocycles. The molecule has 0 bridgehead atoms. The molecule has 5 nitrogen and oxygen atoms in total. The standard InChI is InChI=1S/C21H27NO4/c1-4-15-12-13(2)11-14(3)16(15)17-18(23)20(22-19(17)24)5-7-21(8-6-20)25-9-10-26-21/h11-12,23H,4-10H2,1-3H3,(H,22,24). The van der Waals surface area contributed by atoms with Gasteiger partial charge in [0.2, 0.25) is 0 Å². The Labute approximate surface area is 154 Å². The van der Waals surface area contributed by atoms with Gasteiger partial charge >= 0.3 is 0 Å². The zero-order valence-corrected chi connectivity index (χ0v) is 15.8. The van der Waals surface area contributed by atoms with Crippen LogP contribution in [-0.2, 0) is 20.7 Å². The molecule has 2 aliphatic heterocycles. The summed E-state index contributed by atoms with van der Waals surface area (Å²) in [5.74, 6) is -0.502. The van der Waals surface area contributed by atoms with Gasteiger partial charge in [-0.25, -0.2) is 0 Å². The number of aliphatic hydroxyl groups is 1. The summed E-state index contributed by atoms with van der Waals surface area (Å²) >= 11 is 0. The van der Waals surface area contributed by atoms with Gasteiger partial charge in [0.15, 0.2) is 5.79 Å². The van der Waals surface area contributed by atoms with E-state index in [2.05, 4.69) is 31.3 Å². The Bertz CT molecular complexity index is 779. The molecule has 1 aromatic rings. The van der Waals surface area contributed by atoms with E-state index in [1.54, 1.807) is 0 Å². The highest BCUT2D eigenvalue weighted by atomic mass is 16.7. The summed E-state index contributed by atoms with van der Waals surface area (Å²) in [6.07, 6.45) is 3.43. The molecule has 0 atom stereocenters. The van der Waals surface area contributed by atoms with Crippen molar-refractivity contribution in [3.8, 4) is 0 Å². The van der Waals surface area contributed by atoms with Gasteiger partial charge in [-0.1, -0.05) is 24.6 Å². The molecule has 0 radical (unpaired) electrons. The van der Waals surface area contributed by atoms with Crippen LogP contribution in [0.3, 0.4) is 0 Å². The second-order valence-electron chi connectivity index (χ2n) is 7.84. The van der Waals surface area contributed by atoms with Crippen LogP contribution in [0.5, 0.6) is 0 Å². The largest absolute Gasteiger partial charge is 0.509 e. The molecule has 2 fully saturated rings. The second kappa shape index (κ2) is 6.10. The van der Waals surface area contributed by atoms with E-state index in [0.717, 1.165) is 23.1 Å². The van der Waals surface area contributed by atoms with Gasteiger partial charge in [-0.15, -0.1) is 0 Å². The highest BCUT2D eigenvalue weighted by Crippen LogP contribution is 2.47. The van der Waals surface area contributed by atoms with Crippen molar-refractivity contribution in [1.82, 2.24) is 5.32 Å². The number of amides is 1. The number of aryl methyl sites for hydroxylation is 3. The molecular formula is C21H27NO4. The fraction of sp³-hybridized carbons (Fsp3) is 0.571. The van der Waals surface area contributed by atoms with Crippen LogP contribution in [0, 0.1) is 13.8 Å². The lowest BCUT2D eigenvalue weighted by atomic mass is 9.77. The summed E-state index contributed by atoms with van der Waals surface area (Å²) in [6.45, 7) is 7.39. The molecule has 2 N–H and O–H groups in total. The van der Waals surface area contributed by atoms with Crippen LogP contribution < -0.4 is 5.32 Å². The number of rotatable bonds is 2. The number of hydrogen-bond acceptors (Lipinski definition) is 4. The number of aliphatic hydroxyl groups excluding tert-OH is 1. The molecule has 0 aromatic heterocycles. The SMILES string of the molecule is CCc1cc(C)cc(C)c1C1=C(O)C2(CCC3(CC2)OCCO3)NC1=O. The van der Waals surface area contributed by atoms with E-state index >= 15 is 0 Å². The average Bonchev–Trinajstić information content (AvgIpc) is 3.15. The molecule has 1 aromatic carbocycles. The van der Waals surface area contributed by atoms with Crippen molar-refractivity contribution in [1.29, 1.82) is 0 Å². The summed E-state index contributed by atoms with van der Waals surface area (Å²) < 4.78 is 11.6. The van der Waals surface area contributed by atoms with Crippen molar-refractivity contribution in [2.45, 2.75) is 64.2 Å². The highest BCUT2D eigenvalue weighted by Gasteiger charge is 2.53. The first-order valence-electron chi connectivity index (χ1n) is 9.54. The Morgan fingerprint density at radius 3 is 2.38 bits per heavy atom. The van der Waals surface area contributed by atoms with Gasteiger partial charge in [0, 0.05) is 12.8 Å². The summed E-state index contributed by atoms with van der Waals surface area (Å²) in [7, 11) is 0. The molecule has 3 aliphatic rings. The van der Waals surface area contributed by atoms with Crippen molar-refractivity contribution in [3.63, 3.8) is 0 Å². The Balaban J connectivity index is 1.73. The van der Waals surface area contributed by atoms with E-state index in [-0.39, 0.29) is 11.7 Å². The summed E-state index contributed by atoms with van der Waals surface area (Å²) in [5, 5.41) is 14.2. The molecular weight excluding hydrogens is 330 g/mol. The average molecular weight is 357 g/mol. The summed E-state index contributed by atoms with van der Waals surface area (Å²) in [5.41, 5.74) is 3.96. The maximum atomic E-state index is 12.9.